The maximum atomic E-state index is 5.88. The van der Waals surface area contributed by atoms with Crippen LogP contribution >= 0.6 is 35.3 Å². The predicted octanol–water partition coefficient (Wildman–Crippen LogP) is 3.82. The molecule has 1 heterocycles. The van der Waals surface area contributed by atoms with E-state index in [0.29, 0.717) is 6.54 Å². The van der Waals surface area contributed by atoms with Crippen LogP contribution in [0.4, 0.5) is 0 Å². The van der Waals surface area contributed by atoms with E-state index >= 15 is 0 Å². The molecule has 0 aliphatic heterocycles. The molecular weight excluding hydrogens is 449 g/mol. The van der Waals surface area contributed by atoms with Gasteiger partial charge in [0.15, 0.2) is 5.96 Å². The van der Waals surface area contributed by atoms with Crippen LogP contribution in [0.5, 0.6) is 11.5 Å². The Kier molecular flexibility index (Phi) is 9.66. The van der Waals surface area contributed by atoms with Crippen molar-refractivity contribution in [2.75, 3.05) is 20.7 Å². The minimum atomic E-state index is 0. The summed E-state index contributed by atoms with van der Waals surface area (Å²) in [5.41, 5.74) is 1.30. The van der Waals surface area contributed by atoms with Gasteiger partial charge in [0, 0.05) is 11.9 Å². The number of ether oxygens (including phenoxy) is 2. The van der Waals surface area contributed by atoms with E-state index in [0.717, 1.165) is 24.0 Å². The van der Waals surface area contributed by atoms with Gasteiger partial charge in [0.25, 0.3) is 0 Å². The van der Waals surface area contributed by atoms with Crippen LogP contribution in [0.2, 0.25) is 0 Å². The number of aryl methyl sites for hydroxylation is 1. The average molecular weight is 475 g/mol. The van der Waals surface area contributed by atoms with Crippen molar-refractivity contribution in [3.8, 4) is 11.5 Å². The van der Waals surface area contributed by atoms with Gasteiger partial charge in [0.2, 0.25) is 0 Å². The Morgan fingerprint density at radius 3 is 2.40 bits per heavy atom. The number of halogens is 1. The summed E-state index contributed by atoms with van der Waals surface area (Å²) in [5, 5.41) is 8.72. The van der Waals surface area contributed by atoms with Gasteiger partial charge in [-0.05, 0) is 55.1 Å². The first kappa shape index (κ1) is 21.6. The zero-order valence-corrected chi connectivity index (χ0v) is 18.2. The maximum absolute atomic E-state index is 5.88. The summed E-state index contributed by atoms with van der Waals surface area (Å²) in [6, 6.07) is 9.71. The summed E-state index contributed by atoms with van der Waals surface area (Å²) in [5.74, 6) is 2.41. The highest BCUT2D eigenvalue weighted by molar-refractivity contribution is 14.0. The third kappa shape index (κ3) is 7.11. The molecule has 0 saturated carbocycles. The Labute approximate surface area is 170 Å². The number of nitrogens with one attached hydrogen (secondary N) is 2. The smallest absolute Gasteiger partial charge is 0.191 e. The molecule has 2 rings (SSSR count). The molecule has 2 N–H and O–H groups in total. The van der Waals surface area contributed by atoms with Crippen molar-refractivity contribution in [3.05, 3.63) is 46.2 Å². The molecule has 0 saturated heterocycles. The third-order valence-corrected chi connectivity index (χ3v) is 4.58. The molecule has 0 bridgehead atoms. The monoisotopic (exact) mass is 475 g/mol. The van der Waals surface area contributed by atoms with Crippen LogP contribution in [0, 0.1) is 6.92 Å². The minimum absolute atomic E-state index is 0. The van der Waals surface area contributed by atoms with E-state index in [2.05, 4.69) is 34.0 Å². The first-order valence-electron chi connectivity index (χ1n) is 7.90. The van der Waals surface area contributed by atoms with E-state index < -0.39 is 0 Å². The van der Waals surface area contributed by atoms with Crippen molar-refractivity contribution >= 4 is 41.3 Å². The van der Waals surface area contributed by atoms with Crippen molar-refractivity contribution in [1.82, 2.24) is 10.6 Å². The van der Waals surface area contributed by atoms with Crippen LogP contribution in [-0.2, 0) is 6.54 Å². The van der Waals surface area contributed by atoms with Crippen molar-refractivity contribution < 1.29 is 9.47 Å². The lowest BCUT2D eigenvalue weighted by atomic mass is 10.3. The number of methoxy groups -OCH3 is 1. The molecular formula is C18H26IN3O2S. The Morgan fingerprint density at radius 1 is 1.16 bits per heavy atom. The van der Waals surface area contributed by atoms with E-state index in [1.807, 2.05) is 31.2 Å². The standard InChI is InChI=1S/C18H25N3O2S.HI/c1-13-9-10-24-17(13)12-21-18(19-3)20-11-14(2)23-16-7-5-15(22-4)6-8-16;/h5-10,14H,11-12H2,1-4H3,(H2,19,20,21);1H. The van der Waals surface area contributed by atoms with Crippen LogP contribution in [0.1, 0.15) is 17.4 Å². The fourth-order valence-corrected chi connectivity index (χ4v) is 2.98. The molecule has 25 heavy (non-hydrogen) atoms. The molecule has 0 aliphatic rings. The van der Waals surface area contributed by atoms with Crippen molar-refractivity contribution in [1.29, 1.82) is 0 Å². The number of guanidine groups is 1. The summed E-state index contributed by atoms with van der Waals surface area (Å²) in [6.07, 6.45) is 0.0143. The largest absolute Gasteiger partial charge is 0.497 e. The van der Waals surface area contributed by atoms with Gasteiger partial charge in [0.1, 0.15) is 17.6 Å². The van der Waals surface area contributed by atoms with Gasteiger partial charge in [-0.2, -0.15) is 0 Å². The lowest BCUT2D eigenvalue weighted by Crippen LogP contribution is -2.41. The SMILES string of the molecule is CN=C(NCc1sccc1C)NCC(C)Oc1ccc(OC)cc1.I. The minimum Gasteiger partial charge on any atom is -0.497 e. The number of thiophene rings is 1. The molecule has 0 fully saturated rings. The summed E-state index contributed by atoms with van der Waals surface area (Å²) in [7, 11) is 3.42. The quantitative estimate of drug-likeness (QED) is 0.363. The normalized spacial score (nSPS) is 12.1. The zero-order chi connectivity index (χ0) is 17.4. The number of hydrogen-bond acceptors (Lipinski definition) is 4. The van der Waals surface area contributed by atoms with Gasteiger partial charge in [-0.25, -0.2) is 0 Å². The number of rotatable bonds is 7. The van der Waals surface area contributed by atoms with Gasteiger partial charge in [-0.3, -0.25) is 4.99 Å². The van der Waals surface area contributed by atoms with Crippen LogP contribution in [0.3, 0.4) is 0 Å². The number of benzene rings is 1. The Bertz CT molecular complexity index is 659. The van der Waals surface area contributed by atoms with Crippen molar-refractivity contribution in [3.63, 3.8) is 0 Å². The van der Waals surface area contributed by atoms with Gasteiger partial charge in [-0.1, -0.05) is 0 Å². The first-order chi connectivity index (χ1) is 11.6. The topological polar surface area (TPSA) is 54.9 Å². The zero-order valence-electron chi connectivity index (χ0n) is 15.0. The molecule has 0 radical (unpaired) electrons. The van der Waals surface area contributed by atoms with Gasteiger partial charge in [-0.15, -0.1) is 35.3 Å². The Hall–Kier alpha value is -1.48. The Morgan fingerprint density at radius 2 is 1.84 bits per heavy atom. The molecule has 1 aromatic heterocycles. The highest BCUT2D eigenvalue weighted by Gasteiger charge is 2.07. The van der Waals surface area contributed by atoms with Crippen LogP contribution in [0.25, 0.3) is 0 Å². The number of aliphatic imine (C=N–C) groups is 1. The van der Waals surface area contributed by atoms with E-state index in [9.17, 15) is 0 Å². The summed E-state index contributed by atoms with van der Waals surface area (Å²) in [4.78, 5) is 5.57. The summed E-state index contributed by atoms with van der Waals surface area (Å²) >= 11 is 1.75. The molecule has 2 aromatic rings. The molecule has 0 spiro atoms. The second kappa shape index (κ2) is 11.2. The van der Waals surface area contributed by atoms with Crippen LogP contribution in [-0.4, -0.2) is 32.8 Å². The fraction of sp³-hybridized carbons (Fsp3) is 0.389. The van der Waals surface area contributed by atoms with Gasteiger partial charge < -0.3 is 20.1 Å². The number of nitrogens with zero attached hydrogens (tertiary/aromatic N) is 1. The van der Waals surface area contributed by atoms with Crippen LogP contribution in [0.15, 0.2) is 40.7 Å². The lowest BCUT2D eigenvalue weighted by Gasteiger charge is -2.18. The highest BCUT2D eigenvalue weighted by Crippen LogP contribution is 2.18. The van der Waals surface area contributed by atoms with Gasteiger partial charge in [0.05, 0.1) is 20.2 Å². The van der Waals surface area contributed by atoms with Gasteiger partial charge >= 0.3 is 0 Å². The lowest BCUT2D eigenvalue weighted by molar-refractivity contribution is 0.223. The molecule has 0 aliphatic carbocycles. The fourth-order valence-electron chi connectivity index (χ4n) is 2.14. The first-order valence-corrected chi connectivity index (χ1v) is 8.78. The second-order valence-corrected chi connectivity index (χ2v) is 6.44. The molecule has 5 nitrogen and oxygen atoms in total. The van der Waals surface area contributed by atoms with E-state index in [4.69, 9.17) is 9.47 Å². The molecule has 0 amide bonds. The van der Waals surface area contributed by atoms with E-state index in [-0.39, 0.29) is 30.1 Å². The van der Waals surface area contributed by atoms with Crippen molar-refractivity contribution in [2.45, 2.75) is 26.5 Å². The third-order valence-electron chi connectivity index (χ3n) is 3.56. The molecule has 1 atom stereocenters. The Balaban J connectivity index is 0.00000312. The summed E-state index contributed by atoms with van der Waals surface area (Å²) < 4.78 is 11.0. The highest BCUT2D eigenvalue weighted by atomic mass is 127. The molecule has 138 valence electrons. The summed E-state index contributed by atoms with van der Waals surface area (Å²) in [6.45, 7) is 5.58. The van der Waals surface area contributed by atoms with Crippen molar-refractivity contribution in [2.24, 2.45) is 4.99 Å². The van der Waals surface area contributed by atoms with E-state index in [1.165, 1.54) is 10.4 Å². The average Bonchev–Trinajstić information content (AvgIpc) is 3.01. The molecule has 7 heteroatoms. The van der Waals surface area contributed by atoms with E-state index in [1.54, 1.807) is 25.5 Å². The molecule has 1 aromatic carbocycles. The number of hydrogen-bond donors (Lipinski definition) is 2. The predicted molar refractivity (Wildman–Crippen MR) is 116 cm³/mol. The maximum Gasteiger partial charge on any atom is 0.191 e. The van der Waals surface area contributed by atoms with Crippen LogP contribution < -0.4 is 20.1 Å². The molecule has 1 unspecified atom stereocenters. The second-order valence-electron chi connectivity index (χ2n) is 5.44.